The molecule has 0 saturated heterocycles. The minimum atomic E-state index is 0.617. The van der Waals surface area contributed by atoms with Crippen molar-refractivity contribution in [3.05, 3.63) is 213 Å². The summed E-state index contributed by atoms with van der Waals surface area (Å²) in [5, 5.41) is 8.07. The van der Waals surface area contributed by atoms with Crippen molar-refractivity contribution in [1.29, 1.82) is 0 Å². The highest BCUT2D eigenvalue weighted by atomic mass is 15.0. The van der Waals surface area contributed by atoms with E-state index in [1.807, 2.05) is 24.3 Å². The van der Waals surface area contributed by atoms with Crippen molar-refractivity contribution in [2.75, 3.05) is 0 Å². The summed E-state index contributed by atoms with van der Waals surface area (Å²) in [7, 11) is 0. The van der Waals surface area contributed by atoms with Gasteiger partial charge in [0.05, 0.1) is 33.3 Å². The quantitative estimate of drug-likeness (QED) is 0.120. The number of hydrogen-bond acceptors (Lipinski definition) is 2. The van der Waals surface area contributed by atoms with Crippen molar-refractivity contribution < 1.29 is 0 Å². The van der Waals surface area contributed by atoms with Crippen LogP contribution < -0.4 is 0 Å². The summed E-state index contributed by atoms with van der Waals surface area (Å²) in [6.07, 6.45) is 5.46. The molecule has 272 valence electrons. The third-order valence-corrected chi connectivity index (χ3v) is 11.4. The minimum Gasteiger partial charge on any atom is -0.309 e. The molecule has 0 aliphatic rings. The van der Waals surface area contributed by atoms with Crippen molar-refractivity contribution in [3.63, 3.8) is 0 Å². The van der Waals surface area contributed by atoms with Gasteiger partial charge >= 0.3 is 0 Å². The molecule has 4 heteroatoms. The van der Waals surface area contributed by atoms with Crippen LogP contribution in [0.15, 0.2) is 207 Å². The van der Waals surface area contributed by atoms with Crippen LogP contribution in [0.2, 0.25) is 0 Å². The lowest BCUT2D eigenvalue weighted by Gasteiger charge is -2.14. The van der Waals surface area contributed by atoms with E-state index in [2.05, 4.69) is 180 Å². The molecule has 0 bridgehead atoms. The monoisotopic (exact) mass is 740 g/mol. The van der Waals surface area contributed by atoms with Gasteiger partial charge in [-0.05, 0) is 77.2 Å². The second-order valence-electron chi connectivity index (χ2n) is 14.7. The first-order chi connectivity index (χ1) is 28.7. The molecule has 11 aromatic rings. The van der Waals surface area contributed by atoms with E-state index in [0.29, 0.717) is 5.82 Å². The molecule has 0 N–H and O–H groups in total. The summed E-state index contributed by atoms with van der Waals surface area (Å²) < 4.78 is 4.77. The third-order valence-electron chi connectivity index (χ3n) is 11.4. The lowest BCUT2D eigenvalue weighted by molar-refractivity contribution is 1.17. The number of fused-ring (bicyclic) bond motifs is 9. The van der Waals surface area contributed by atoms with Gasteiger partial charge < -0.3 is 9.13 Å². The molecule has 8 aromatic carbocycles. The Morgan fingerprint density at radius 2 is 1.03 bits per heavy atom. The number of benzene rings is 8. The lowest BCUT2D eigenvalue weighted by atomic mass is 10.0. The van der Waals surface area contributed by atoms with E-state index in [9.17, 15) is 0 Å². The van der Waals surface area contributed by atoms with E-state index in [-0.39, 0.29) is 0 Å². The molecule has 0 amide bonds. The highest BCUT2D eigenvalue weighted by Crippen LogP contribution is 2.40. The summed E-state index contributed by atoms with van der Waals surface area (Å²) in [6, 6.07) is 63.2. The van der Waals surface area contributed by atoms with Gasteiger partial charge in [-0.2, -0.15) is 0 Å². The molecule has 0 spiro atoms. The van der Waals surface area contributed by atoms with Gasteiger partial charge in [0.15, 0.2) is 5.82 Å². The second kappa shape index (κ2) is 13.4. The number of para-hydroxylation sites is 3. The Hall–Kier alpha value is -7.82. The fourth-order valence-electron chi connectivity index (χ4n) is 8.78. The third kappa shape index (κ3) is 5.23. The minimum absolute atomic E-state index is 0.617. The zero-order chi connectivity index (χ0) is 38.7. The smallest absolute Gasteiger partial charge is 0.160 e. The first-order valence-electron chi connectivity index (χ1n) is 19.6. The van der Waals surface area contributed by atoms with Gasteiger partial charge in [0, 0.05) is 54.8 Å². The van der Waals surface area contributed by atoms with Crippen LogP contribution in [-0.4, -0.2) is 19.1 Å². The first kappa shape index (κ1) is 33.5. The van der Waals surface area contributed by atoms with Gasteiger partial charge in [-0.3, -0.25) is 0 Å². The number of aromatic nitrogens is 4. The molecule has 0 fully saturated rings. The number of nitrogens with zero attached hydrogens (tertiary/aromatic N) is 4. The lowest BCUT2D eigenvalue weighted by Crippen LogP contribution is -1.99. The Morgan fingerprint density at radius 1 is 0.431 bits per heavy atom. The van der Waals surface area contributed by atoms with Crippen LogP contribution in [0.1, 0.15) is 5.82 Å². The maximum Gasteiger partial charge on any atom is 0.160 e. The number of hydrogen-bond donors (Lipinski definition) is 0. The predicted octanol–water partition coefficient (Wildman–Crippen LogP) is 14.1. The average molecular weight is 741 g/mol. The van der Waals surface area contributed by atoms with Crippen LogP contribution in [-0.2, 0) is 0 Å². The van der Waals surface area contributed by atoms with Crippen molar-refractivity contribution in [2.45, 2.75) is 0 Å². The van der Waals surface area contributed by atoms with Crippen LogP contribution in [0.5, 0.6) is 0 Å². The summed E-state index contributed by atoms with van der Waals surface area (Å²) in [6.45, 7) is 8.00. The Kier molecular flexibility index (Phi) is 7.76. The van der Waals surface area contributed by atoms with Crippen LogP contribution in [0.3, 0.4) is 0 Å². The fourth-order valence-corrected chi connectivity index (χ4v) is 8.78. The second-order valence-corrected chi connectivity index (χ2v) is 14.7. The maximum absolute atomic E-state index is 5.22. The zero-order valence-corrected chi connectivity index (χ0v) is 31.7. The van der Waals surface area contributed by atoms with E-state index >= 15 is 0 Å². The Balaban J connectivity index is 1.11. The molecule has 0 aliphatic heterocycles. The number of rotatable bonds is 7. The molecule has 0 saturated carbocycles. The van der Waals surface area contributed by atoms with E-state index in [1.54, 1.807) is 12.2 Å². The molecule has 0 unspecified atom stereocenters. The summed E-state index contributed by atoms with van der Waals surface area (Å²) >= 11 is 0. The van der Waals surface area contributed by atoms with Crippen LogP contribution in [0.4, 0.5) is 0 Å². The van der Waals surface area contributed by atoms with Crippen molar-refractivity contribution in [1.82, 2.24) is 19.1 Å². The highest BCUT2D eigenvalue weighted by Gasteiger charge is 2.18. The molecule has 3 heterocycles. The maximum atomic E-state index is 5.22. The standard InChI is InChI=1S/C54H36N4/c1-3-15-35(4-2)54-55-52(37-16-7-5-8-17-37)45-30-25-36-24-28-41(34-46(36)53(45)56-54)58-49-23-14-12-21-43(49)47-32-38(27-31-50(47)58)39-26-29-44-42-20-11-13-22-48(42)57(51(44)33-39)40-18-9-6-10-19-40/h3-34H,1-2H2/b35-15+. The summed E-state index contributed by atoms with van der Waals surface area (Å²) in [5.74, 6) is 0.617. The fraction of sp³-hybridized carbons (Fsp3) is 0. The summed E-state index contributed by atoms with van der Waals surface area (Å²) in [5.41, 5.74) is 12.9. The first-order valence-corrected chi connectivity index (χ1v) is 19.6. The normalized spacial score (nSPS) is 12.0. The molecular formula is C54H36N4. The van der Waals surface area contributed by atoms with Gasteiger partial charge in [0.25, 0.3) is 0 Å². The predicted molar refractivity (Wildman–Crippen MR) is 245 cm³/mol. The largest absolute Gasteiger partial charge is 0.309 e. The van der Waals surface area contributed by atoms with Gasteiger partial charge in [0.2, 0.25) is 0 Å². The SMILES string of the molecule is C=C/C=C(\C=C)c1nc(-c2ccccc2)c2ccc3ccc(-n4c5ccccc5c5cc(-c6ccc7c8ccccc8n(-c8ccccc8)c7c6)ccc54)cc3c2n1. The number of allylic oxidation sites excluding steroid dienone is 4. The van der Waals surface area contributed by atoms with Crippen LogP contribution >= 0.6 is 0 Å². The van der Waals surface area contributed by atoms with Crippen molar-refractivity contribution in [2.24, 2.45) is 0 Å². The van der Waals surface area contributed by atoms with Crippen molar-refractivity contribution >= 4 is 70.9 Å². The molecule has 3 aromatic heterocycles. The molecule has 11 rings (SSSR count). The van der Waals surface area contributed by atoms with E-state index in [4.69, 9.17) is 9.97 Å². The summed E-state index contributed by atoms with van der Waals surface area (Å²) in [4.78, 5) is 10.3. The average Bonchev–Trinajstić information content (AvgIpc) is 3.80. The van der Waals surface area contributed by atoms with Crippen LogP contribution in [0, 0.1) is 0 Å². The molecule has 58 heavy (non-hydrogen) atoms. The Bertz CT molecular complexity index is 3480. The van der Waals surface area contributed by atoms with Gasteiger partial charge in [-0.25, -0.2) is 9.97 Å². The van der Waals surface area contributed by atoms with E-state index in [1.165, 1.54) is 43.7 Å². The molecule has 0 aliphatic carbocycles. The molecular weight excluding hydrogens is 705 g/mol. The Morgan fingerprint density at radius 3 is 1.79 bits per heavy atom. The van der Waals surface area contributed by atoms with Gasteiger partial charge in [-0.15, -0.1) is 0 Å². The van der Waals surface area contributed by atoms with Crippen LogP contribution in [0.25, 0.3) is 105 Å². The van der Waals surface area contributed by atoms with Gasteiger partial charge in [0.1, 0.15) is 0 Å². The molecule has 0 radical (unpaired) electrons. The van der Waals surface area contributed by atoms with E-state index < -0.39 is 0 Å². The highest BCUT2D eigenvalue weighted by molar-refractivity contribution is 6.14. The van der Waals surface area contributed by atoms with Gasteiger partial charge in [-0.1, -0.05) is 147 Å². The van der Waals surface area contributed by atoms with E-state index in [0.717, 1.165) is 60.9 Å². The zero-order valence-electron chi connectivity index (χ0n) is 31.7. The Labute approximate surface area is 335 Å². The van der Waals surface area contributed by atoms with Crippen molar-refractivity contribution in [3.8, 4) is 33.8 Å². The molecule has 0 atom stereocenters. The topological polar surface area (TPSA) is 35.6 Å². The molecule has 4 nitrogen and oxygen atoms in total.